The SMILES string of the molecule is CN(CCOc1ccc(N)cc1I)C1CC1. The topological polar surface area (TPSA) is 38.5 Å². The Kier molecular flexibility index (Phi) is 3.91. The van der Waals surface area contributed by atoms with Crippen LogP contribution >= 0.6 is 22.6 Å². The van der Waals surface area contributed by atoms with E-state index in [0.29, 0.717) is 0 Å². The first-order valence-corrected chi connectivity index (χ1v) is 6.63. The molecule has 1 aliphatic carbocycles. The Morgan fingerprint density at radius 1 is 1.50 bits per heavy atom. The first-order valence-electron chi connectivity index (χ1n) is 5.55. The summed E-state index contributed by atoms with van der Waals surface area (Å²) in [6.07, 6.45) is 2.69. The molecule has 4 heteroatoms. The average Bonchev–Trinajstić information content (AvgIpc) is 3.04. The second-order valence-corrected chi connectivity index (χ2v) is 5.41. The largest absolute Gasteiger partial charge is 0.491 e. The lowest BCUT2D eigenvalue weighted by molar-refractivity contribution is 0.231. The molecule has 1 aromatic rings. The van der Waals surface area contributed by atoms with Crippen molar-refractivity contribution >= 4 is 28.3 Å². The summed E-state index contributed by atoms with van der Waals surface area (Å²) in [6, 6.07) is 6.55. The van der Waals surface area contributed by atoms with Gasteiger partial charge in [-0.25, -0.2) is 0 Å². The molecule has 0 aliphatic heterocycles. The van der Waals surface area contributed by atoms with Crippen LogP contribution < -0.4 is 10.5 Å². The number of hydrogen-bond donors (Lipinski definition) is 1. The molecule has 0 heterocycles. The predicted molar refractivity (Wildman–Crippen MR) is 74.7 cm³/mol. The van der Waals surface area contributed by atoms with Gasteiger partial charge in [-0.3, -0.25) is 0 Å². The third-order valence-corrected chi connectivity index (χ3v) is 3.67. The Morgan fingerprint density at radius 2 is 2.25 bits per heavy atom. The van der Waals surface area contributed by atoms with E-state index in [0.717, 1.165) is 34.2 Å². The van der Waals surface area contributed by atoms with Crippen LogP contribution in [0.2, 0.25) is 0 Å². The van der Waals surface area contributed by atoms with Gasteiger partial charge in [-0.15, -0.1) is 0 Å². The molecule has 2 rings (SSSR count). The van der Waals surface area contributed by atoms with Crippen LogP contribution in [-0.4, -0.2) is 31.1 Å². The minimum absolute atomic E-state index is 0.743. The Labute approximate surface area is 110 Å². The van der Waals surface area contributed by atoms with Gasteiger partial charge < -0.3 is 15.4 Å². The molecular formula is C12H17IN2O. The predicted octanol–water partition coefficient (Wildman–Crippen LogP) is 2.35. The fraction of sp³-hybridized carbons (Fsp3) is 0.500. The normalized spacial score (nSPS) is 15.4. The number of nitrogen functional groups attached to an aromatic ring is 1. The zero-order valence-corrected chi connectivity index (χ0v) is 11.6. The van der Waals surface area contributed by atoms with Gasteiger partial charge in [0.1, 0.15) is 12.4 Å². The summed E-state index contributed by atoms with van der Waals surface area (Å²) in [5.74, 6) is 0.930. The smallest absolute Gasteiger partial charge is 0.132 e. The van der Waals surface area contributed by atoms with Gasteiger partial charge in [-0.1, -0.05) is 0 Å². The summed E-state index contributed by atoms with van der Waals surface area (Å²) in [5, 5.41) is 0. The molecule has 0 unspecified atom stereocenters. The minimum Gasteiger partial charge on any atom is -0.491 e. The molecule has 0 radical (unpaired) electrons. The summed E-state index contributed by atoms with van der Waals surface area (Å²) in [4.78, 5) is 2.37. The van der Waals surface area contributed by atoms with Crippen LogP contribution in [0.15, 0.2) is 18.2 Å². The molecule has 1 fully saturated rings. The van der Waals surface area contributed by atoms with Crippen LogP contribution in [0.25, 0.3) is 0 Å². The third kappa shape index (κ3) is 3.25. The van der Waals surface area contributed by atoms with Crippen molar-refractivity contribution in [1.29, 1.82) is 0 Å². The number of likely N-dealkylation sites (N-methyl/N-ethyl adjacent to an activating group) is 1. The summed E-state index contributed by atoms with van der Waals surface area (Å²) in [5.41, 5.74) is 6.47. The maximum atomic E-state index is 5.74. The van der Waals surface area contributed by atoms with E-state index in [1.54, 1.807) is 0 Å². The molecular weight excluding hydrogens is 315 g/mol. The summed E-state index contributed by atoms with van der Waals surface area (Å²) >= 11 is 2.25. The Hall–Kier alpha value is -0.490. The number of rotatable bonds is 5. The zero-order valence-electron chi connectivity index (χ0n) is 9.45. The summed E-state index contributed by atoms with van der Waals surface area (Å²) in [7, 11) is 2.16. The molecule has 2 N–H and O–H groups in total. The van der Waals surface area contributed by atoms with Crippen molar-refractivity contribution in [2.75, 3.05) is 25.9 Å². The van der Waals surface area contributed by atoms with Gasteiger partial charge in [0.15, 0.2) is 0 Å². The highest BCUT2D eigenvalue weighted by atomic mass is 127. The summed E-state index contributed by atoms with van der Waals surface area (Å²) < 4.78 is 6.81. The number of ether oxygens (including phenoxy) is 1. The van der Waals surface area contributed by atoms with Crippen molar-refractivity contribution in [3.05, 3.63) is 21.8 Å². The maximum Gasteiger partial charge on any atom is 0.132 e. The van der Waals surface area contributed by atoms with E-state index in [-0.39, 0.29) is 0 Å². The average molecular weight is 332 g/mol. The van der Waals surface area contributed by atoms with Gasteiger partial charge in [0.05, 0.1) is 3.57 Å². The number of benzene rings is 1. The van der Waals surface area contributed by atoms with Gasteiger partial charge in [-0.2, -0.15) is 0 Å². The monoisotopic (exact) mass is 332 g/mol. The van der Waals surface area contributed by atoms with E-state index in [1.165, 1.54) is 12.8 Å². The highest BCUT2D eigenvalue weighted by Crippen LogP contribution is 2.25. The minimum atomic E-state index is 0.743. The number of nitrogens with two attached hydrogens (primary N) is 1. The van der Waals surface area contributed by atoms with E-state index >= 15 is 0 Å². The van der Waals surface area contributed by atoms with Crippen LogP contribution in [0.1, 0.15) is 12.8 Å². The van der Waals surface area contributed by atoms with E-state index in [2.05, 4.69) is 34.5 Å². The molecule has 0 bridgehead atoms. The van der Waals surface area contributed by atoms with Crippen LogP contribution in [0.3, 0.4) is 0 Å². The van der Waals surface area contributed by atoms with Crippen molar-refractivity contribution < 1.29 is 4.74 Å². The van der Waals surface area contributed by atoms with Crippen molar-refractivity contribution in [1.82, 2.24) is 4.90 Å². The summed E-state index contributed by atoms with van der Waals surface area (Å²) in [6.45, 7) is 1.73. The zero-order chi connectivity index (χ0) is 11.5. The number of halogens is 1. The lowest BCUT2D eigenvalue weighted by Crippen LogP contribution is -2.26. The van der Waals surface area contributed by atoms with Crippen molar-refractivity contribution in [3.8, 4) is 5.75 Å². The fourth-order valence-electron chi connectivity index (χ4n) is 1.63. The van der Waals surface area contributed by atoms with Crippen LogP contribution in [0.4, 0.5) is 5.69 Å². The molecule has 3 nitrogen and oxygen atoms in total. The quantitative estimate of drug-likeness (QED) is 0.665. The second-order valence-electron chi connectivity index (χ2n) is 4.25. The third-order valence-electron chi connectivity index (χ3n) is 2.83. The van der Waals surface area contributed by atoms with Gasteiger partial charge in [-0.05, 0) is 60.7 Å². The molecule has 0 saturated heterocycles. The molecule has 1 saturated carbocycles. The molecule has 0 atom stereocenters. The first-order chi connectivity index (χ1) is 7.66. The van der Waals surface area contributed by atoms with Gasteiger partial charge in [0, 0.05) is 18.3 Å². The van der Waals surface area contributed by atoms with Crippen LogP contribution in [0, 0.1) is 3.57 Å². The second kappa shape index (κ2) is 5.23. The number of hydrogen-bond acceptors (Lipinski definition) is 3. The first kappa shape index (κ1) is 12.0. The van der Waals surface area contributed by atoms with Crippen molar-refractivity contribution in [2.24, 2.45) is 0 Å². The van der Waals surface area contributed by atoms with Gasteiger partial charge in [0.25, 0.3) is 0 Å². The number of anilines is 1. The van der Waals surface area contributed by atoms with Crippen molar-refractivity contribution in [2.45, 2.75) is 18.9 Å². The Bertz CT molecular complexity index is 366. The van der Waals surface area contributed by atoms with E-state index in [1.807, 2.05) is 18.2 Å². The Morgan fingerprint density at radius 3 is 2.88 bits per heavy atom. The number of nitrogens with zero attached hydrogens (tertiary/aromatic N) is 1. The van der Waals surface area contributed by atoms with Crippen LogP contribution in [-0.2, 0) is 0 Å². The molecule has 0 aromatic heterocycles. The molecule has 0 spiro atoms. The molecule has 0 amide bonds. The van der Waals surface area contributed by atoms with Gasteiger partial charge in [0.2, 0.25) is 0 Å². The lowest BCUT2D eigenvalue weighted by Gasteiger charge is -2.16. The maximum absolute atomic E-state index is 5.74. The Balaban J connectivity index is 1.80. The molecule has 88 valence electrons. The molecule has 16 heavy (non-hydrogen) atoms. The van der Waals surface area contributed by atoms with Gasteiger partial charge >= 0.3 is 0 Å². The van der Waals surface area contributed by atoms with Crippen LogP contribution in [0.5, 0.6) is 5.75 Å². The molecule has 1 aliphatic rings. The highest BCUT2D eigenvalue weighted by molar-refractivity contribution is 14.1. The highest BCUT2D eigenvalue weighted by Gasteiger charge is 2.25. The fourth-order valence-corrected chi connectivity index (χ4v) is 2.33. The van der Waals surface area contributed by atoms with E-state index < -0.39 is 0 Å². The lowest BCUT2D eigenvalue weighted by atomic mass is 10.3. The van der Waals surface area contributed by atoms with E-state index in [4.69, 9.17) is 10.5 Å². The van der Waals surface area contributed by atoms with E-state index in [9.17, 15) is 0 Å². The van der Waals surface area contributed by atoms with Crippen molar-refractivity contribution in [3.63, 3.8) is 0 Å². The standard InChI is InChI=1S/C12H17IN2O/c1-15(10-3-4-10)6-7-16-12-5-2-9(14)8-11(12)13/h2,5,8,10H,3-4,6-7,14H2,1H3. The molecule has 1 aromatic carbocycles.